The normalized spacial score (nSPS) is 11.0. The maximum atomic E-state index is 12.3. The average molecular weight is 357 g/mol. The summed E-state index contributed by atoms with van der Waals surface area (Å²) in [7, 11) is 0. The number of benzene rings is 2. The molecule has 2 aromatic rings. The Balaban J connectivity index is 2.30. The first-order valence-electron chi connectivity index (χ1n) is 6.41. The number of anilines is 1. The molecule has 114 valence electrons. The molecule has 0 aromatic heterocycles. The van der Waals surface area contributed by atoms with Gasteiger partial charge < -0.3 is 4.90 Å². The Labute approximate surface area is 143 Å². The van der Waals surface area contributed by atoms with Crippen LogP contribution >= 0.6 is 34.8 Å². The maximum Gasteiger partial charge on any atom is 0.279 e. The van der Waals surface area contributed by atoms with Crippen molar-refractivity contribution in [3.05, 3.63) is 66.2 Å². The van der Waals surface area contributed by atoms with Gasteiger partial charge in [-0.1, -0.05) is 83.3 Å². The predicted octanol–water partition coefficient (Wildman–Crippen LogP) is 4.27. The van der Waals surface area contributed by atoms with Crippen molar-refractivity contribution in [2.75, 3.05) is 11.4 Å². The SMILES string of the molecule is O=C(CN(C(=O)C(Cl)(Cl)Cl)c1ccccc1)c1ccccc1. The number of nitrogens with zero attached hydrogens (tertiary/aromatic N) is 1. The fraction of sp³-hybridized carbons (Fsp3) is 0.125. The van der Waals surface area contributed by atoms with Crippen molar-refractivity contribution in [2.24, 2.45) is 0 Å². The Hall–Kier alpha value is -1.55. The summed E-state index contributed by atoms with van der Waals surface area (Å²) in [4.78, 5) is 25.8. The van der Waals surface area contributed by atoms with Crippen molar-refractivity contribution in [2.45, 2.75) is 3.79 Å². The van der Waals surface area contributed by atoms with E-state index in [2.05, 4.69) is 0 Å². The second-order valence-electron chi connectivity index (χ2n) is 4.51. The molecule has 0 spiro atoms. The van der Waals surface area contributed by atoms with Crippen LogP contribution in [0, 0.1) is 0 Å². The molecule has 0 aliphatic heterocycles. The molecule has 0 radical (unpaired) electrons. The molecule has 0 aliphatic carbocycles. The monoisotopic (exact) mass is 355 g/mol. The third kappa shape index (κ3) is 4.23. The molecule has 6 heteroatoms. The van der Waals surface area contributed by atoms with E-state index in [1.807, 2.05) is 0 Å². The fourth-order valence-electron chi connectivity index (χ4n) is 1.90. The first-order valence-corrected chi connectivity index (χ1v) is 7.55. The quantitative estimate of drug-likeness (QED) is 0.606. The lowest BCUT2D eigenvalue weighted by Gasteiger charge is -2.25. The Kier molecular flexibility index (Phi) is 5.46. The number of para-hydroxylation sites is 1. The zero-order valence-corrected chi connectivity index (χ0v) is 13.6. The maximum absolute atomic E-state index is 12.3. The van der Waals surface area contributed by atoms with Gasteiger partial charge in [0.25, 0.3) is 9.70 Å². The van der Waals surface area contributed by atoms with Crippen LogP contribution in [0.15, 0.2) is 60.7 Å². The Morgan fingerprint density at radius 2 is 1.36 bits per heavy atom. The summed E-state index contributed by atoms with van der Waals surface area (Å²) in [6.07, 6.45) is 0. The number of carbonyl (C=O) groups is 2. The van der Waals surface area contributed by atoms with Crippen LogP contribution in [0.3, 0.4) is 0 Å². The van der Waals surface area contributed by atoms with E-state index in [1.165, 1.54) is 4.90 Å². The van der Waals surface area contributed by atoms with Gasteiger partial charge >= 0.3 is 0 Å². The molecule has 3 nitrogen and oxygen atoms in total. The molecule has 0 saturated carbocycles. The average Bonchev–Trinajstić information content (AvgIpc) is 2.52. The summed E-state index contributed by atoms with van der Waals surface area (Å²) in [5.74, 6) is -1.01. The summed E-state index contributed by atoms with van der Waals surface area (Å²) in [6, 6.07) is 17.3. The molecule has 0 atom stereocenters. The van der Waals surface area contributed by atoms with Gasteiger partial charge in [-0.2, -0.15) is 0 Å². The van der Waals surface area contributed by atoms with Gasteiger partial charge in [-0.25, -0.2) is 0 Å². The van der Waals surface area contributed by atoms with E-state index >= 15 is 0 Å². The summed E-state index contributed by atoms with van der Waals surface area (Å²) in [5, 5.41) is 0. The van der Waals surface area contributed by atoms with Crippen molar-refractivity contribution in [3.63, 3.8) is 0 Å². The van der Waals surface area contributed by atoms with Gasteiger partial charge in [0, 0.05) is 11.3 Å². The van der Waals surface area contributed by atoms with Crippen molar-refractivity contribution in [1.29, 1.82) is 0 Å². The number of hydrogen-bond acceptors (Lipinski definition) is 2. The van der Waals surface area contributed by atoms with E-state index in [4.69, 9.17) is 34.8 Å². The highest BCUT2D eigenvalue weighted by Crippen LogP contribution is 2.31. The molecule has 0 heterocycles. The number of alkyl halides is 3. The van der Waals surface area contributed by atoms with Crippen molar-refractivity contribution >= 4 is 52.2 Å². The molecule has 1 amide bonds. The Morgan fingerprint density at radius 1 is 0.864 bits per heavy atom. The van der Waals surface area contributed by atoms with Crippen LogP contribution in [0.25, 0.3) is 0 Å². The number of Topliss-reactive ketones (excluding diaryl/α,β-unsaturated/α-hetero) is 1. The lowest BCUT2D eigenvalue weighted by molar-refractivity contribution is -0.117. The highest BCUT2D eigenvalue weighted by molar-refractivity contribution is 6.77. The van der Waals surface area contributed by atoms with Crippen LogP contribution in [-0.2, 0) is 4.79 Å². The molecule has 0 saturated heterocycles. The Morgan fingerprint density at radius 3 is 1.86 bits per heavy atom. The van der Waals surface area contributed by atoms with E-state index < -0.39 is 9.70 Å². The number of amides is 1. The largest absolute Gasteiger partial charge is 0.301 e. The predicted molar refractivity (Wildman–Crippen MR) is 89.9 cm³/mol. The van der Waals surface area contributed by atoms with Crippen LogP contribution in [0.1, 0.15) is 10.4 Å². The minimum absolute atomic E-state index is 0.208. The van der Waals surface area contributed by atoms with Gasteiger partial charge in [0.15, 0.2) is 5.78 Å². The first kappa shape index (κ1) is 16.8. The summed E-state index contributed by atoms with van der Waals surface area (Å²) >= 11 is 17.1. The van der Waals surface area contributed by atoms with Crippen LogP contribution in [-0.4, -0.2) is 22.0 Å². The highest BCUT2D eigenvalue weighted by Gasteiger charge is 2.36. The summed E-state index contributed by atoms with van der Waals surface area (Å²) in [5.41, 5.74) is 0.976. The number of rotatable bonds is 4. The molecule has 0 N–H and O–H groups in total. The first-order chi connectivity index (χ1) is 10.4. The summed E-state index contributed by atoms with van der Waals surface area (Å²) in [6.45, 7) is -0.208. The van der Waals surface area contributed by atoms with Crippen LogP contribution in [0.5, 0.6) is 0 Å². The van der Waals surface area contributed by atoms with E-state index in [0.29, 0.717) is 11.3 Å². The van der Waals surface area contributed by atoms with Gasteiger partial charge in [0.2, 0.25) is 0 Å². The van der Waals surface area contributed by atoms with Gasteiger partial charge in [0.1, 0.15) is 0 Å². The van der Waals surface area contributed by atoms with E-state index in [1.54, 1.807) is 60.7 Å². The van der Waals surface area contributed by atoms with E-state index in [9.17, 15) is 9.59 Å². The third-order valence-corrected chi connectivity index (χ3v) is 3.44. The van der Waals surface area contributed by atoms with Crippen molar-refractivity contribution in [1.82, 2.24) is 0 Å². The molecular weight excluding hydrogens is 345 g/mol. The molecular formula is C16H12Cl3NO2. The molecule has 0 unspecified atom stereocenters. The molecule has 2 aromatic carbocycles. The molecule has 2 rings (SSSR count). The zero-order valence-electron chi connectivity index (χ0n) is 11.4. The topological polar surface area (TPSA) is 37.4 Å². The number of hydrogen-bond donors (Lipinski definition) is 0. The van der Waals surface area contributed by atoms with Gasteiger partial charge in [0.05, 0.1) is 6.54 Å². The number of carbonyl (C=O) groups excluding carboxylic acids is 2. The standard InChI is InChI=1S/C16H12Cl3NO2/c17-16(18,19)15(22)20(13-9-5-2-6-10-13)11-14(21)12-7-3-1-4-8-12/h1-10H,11H2. The van der Waals surface area contributed by atoms with Crippen molar-refractivity contribution in [3.8, 4) is 0 Å². The van der Waals surface area contributed by atoms with Gasteiger partial charge in [-0.15, -0.1) is 0 Å². The molecule has 22 heavy (non-hydrogen) atoms. The Bertz CT molecular complexity index is 654. The second kappa shape index (κ2) is 7.14. The molecule has 0 bridgehead atoms. The lowest BCUT2D eigenvalue weighted by Crippen LogP contribution is -2.42. The minimum atomic E-state index is -2.13. The smallest absolute Gasteiger partial charge is 0.279 e. The van der Waals surface area contributed by atoms with Crippen LogP contribution in [0.2, 0.25) is 0 Å². The van der Waals surface area contributed by atoms with Crippen LogP contribution in [0.4, 0.5) is 5.69 Å². The van der Waals surface area contributed by atoms with Gasteiger partial charge in [-0.3, -0.25) is 9.59 Å². The van der Waals surface area contributed by atoms with Crippen molar-refractivity contribution < 1.29 is 9.59 Å². The van der Waals surface area contributed by atoms with E-state index in [0.717, 1.165) is 0 Å². The number of halogens is 3. The molecule has 0 aliphatic rings. The lowest BCUT2D eigenvalue weighted by atomic mass is 10.1. The zero-order chi connectivity index (χ0) is 16.2. The number of ketones is 1. The fourth-order valence-corrected chi connectivity index (χ4v) is 2.21. The summed E-state index contributed by atoms with van der Waals surface area (Å²) < 4.78 is -2.13. The second-order valence-corrected chi connectivity index (χ2v) is 6.80. The molecule has 0 fully saturated rings. The van der Waals surface area contributed by atoms with E-state index in [-0.39, 0.29) is 12.3 Å². The minimum Gasteiger partial charge on any atom is -0.301 e. The van der Waals surface area contributed by atoms with Crippen LogP contribution < -0.4 is 4.90 Å². The highest BCUT2D eigenvalue weighted by atomic mass is 35.6. The van der Waals surface area contributed by atoms with Gasteiger partial charge in [-0.05, 0) is 12.1 Å². The third-order valence-electron chi connectivity index (χ3n) is 2.95.